The number of hydrogen-bond acceptors (Lipinski definition) is 5. The van der Waals surface area contributed by atoms with Crippen LogP contribution in [-0.4, -0.2) is 47.6 Å². The molecule has 0 amide bonds. The quantitative estimate of drug-likeness (QED) is 0.896. The molecule has 0 spiro atoms. The van der Waals surface area contributed by atoms with E-state index in [1.165, 1.54) is 5.75 Å². The second-order valence-corrected chi connectivity index (χ2v) is 5.69. The van der Waals surface area contributed by atoms with Gasteiger partial charge >= 0.3 is 0 Å². The first-order chi connectivity index (χ1) is 8.72. The van der Waals surface area contributed by atoms with Crippen LogP contribution in [0, 0.1) is 0 Å². The highest BCUT2D eigenvalue weighted by molar-refractivity contribution is 7.99. The van der Waals surface area contributed by atoms with Crippen LogP contribution < -0.4 is 10.5 Å². The molecule has 2 unspecified atom stereocenters. The maximum atomic E-state index is 6.37. The summed E-state index contributed by atoms with van der Waals surface area (Å²) in [5.41, 5.74) is 7.43. The van der Waals surface area contributed by atoms with Crippen molar-refractivity contribution >= 4 is 11.8 Å². The number of hydrogen-bond donors (Lipinski definition) is 1. The molecule has 18 heavy (non-hydrogen) atoms. The Hall–Kier alpha value is -0.780. The number of likely N-dealkylation sites (N-methyl/N-ethyl adjacent to an activating group) is 1. The molecule has 1 saturated heterocycles. The molecular formula is C13H21N3OS. The molecule has 1 aromatic rings. The molecular weight excluding hydrogens is 246 g/mol. The largest absolute Gasteiger partial charge is 0.492 e. The Kier molecular flexibility index (Phi) is 4.86. The summed E-state index contributed by atoms with van der Waals surface area (Å²) in [6.07, 6.45) is 3.58. The summed E-state index contributed by atoms with van der Waals surface area (Å²) in [6, 6.07) is 2.38. The summed E-state index contributed by atoms with van der Waals surface area (Å²) < 4.78 is 5.47. The van der Waals surface area contributed by atoms with Crippen LogP contribution in [0.25, 0.3) is 0 Å². The van der Waals surface area contributed by atoms with Gasteiger partial charge in [0.25, 0.3) is 0 Å². The van der Waals surface area contributed by atoms with E-state index in [1.807, 2.05) is 30.9 Å². The molecule has 0 bridgehead atoms. The minimum absolute atomic E-state index is 0.00398. The molecule has 0 radical (unpaired) electrons. The molecule has 1 fully saturated rings. The fraction of sp³-hybridized carbons (Fsp3) is 0.615. The van der Waals surface area contributed by atoms with Crippen molar-refractivity contribution in [2.45, 2.75) is 19.0 Å². The molecule has 1 aliphatic heterocycles. The van der Waals surface area contributed by atoms with Crippen molar-refractivity contribution in [3.05, 3.63) is 24.0 Å². The lowest BCUT2D eigenvalue weighted by atomic mass is 10.0. The minimum atomic E-state index is -0.00398. The summed E-state index contributed by atoms with van der Waals surface area (Å²) in [7, 11) is 2.14. The number of pyridine rings is 1. The Morgan fingerprint density at radius 2 is 2.44 bits per heavy atom. The maximum absolute atomic E-state index is 6.37. The molecule has 0 aliphatic carbocycles. The number of rotatable bonds is 4. The van der Waals surface area contributed by atoms with Crippen LogP contribution in [0.5, 0.6) is 5.75 Å². The Bertz CT molecular complexity index is 388. The van der Waals surface area contributed by atoms with E-state index in [9.17, 15) is 0 Å². The predicted octanol–water partition coefficient (Wildman–Crippen LogP) is 1.53. The molecule has 1 aliphatic rings. The molecule has 0 aromatic carbocycles. The van der Waals surface area contributed by atoms with E-state index in [4.69, 9.17) is 10.5 Å². The summed E-state index contributed by atoms with van der Waals surface area (Å²) >= 11 is 1.97. The lowest BCUT2D eigenvalue weighted by Crippen LogP contribution is -2.46. The Labute approximate surface area is 113 Å². The van der Waals surface area contributed by atoms with Crippen molar-refractivity contribution in [1.29, 1.82) is 0 Å². The molecule has 5 heteroatoms. The van der Waals surface area contributed by atoms with E-state index < -0.39 is 0 Å². The molecule has 2 N–H and O–H groups in total. The first kappa shape index (κ1) is 13.6. The van der Waals surface area contributed by atoms with Crippen LogP contribution in [0.15, 0.2) is 18.5 Å². The van der Waals surface area contributed by atoms with Gasteiger partial charge in [-0.25, -0.2) is 0 Å². The molecule has 2 atom stereocenters. The first-order valence-electron chi connectivity index (χ1n) is 6.33. The normalized spacial score (nSPS) is 22.7. The van der Waals surface area contributed by atoms with Crippen LogP contribution in [0.4, 0.5) is 0 Å². The minimum Gasteiger partial charge on any atom is -0.492 e. The standard InChI is InChI=1S/C13H21N3OS/c1-3-17-11-6-10(7-15-8-11)13(14)12-9-18-5-4-16(12)2/h6-8,12-13H,3-5,9,14H2,1-2H3. The summed E-state index contributed by atoms with van der Waals surface area (Å²) in [6.45, 7) is 3.72. The van der Waals surface area contributed by atoms with E-state index in [2.05, 4.69) is 16.9 Å². The van der Waals surface area contributed by atoms with Gasteiger partial charge in [0.15, 0.2) is 0 Å². The maximum Gasteiger partial charge on any atom is 0.137 e. The molecule has 100 valence electrons. The van der Waals surface area contributed by atoms with Crippen LogP contribution in [-0.2, 0) is 0 Å². The van der Waals surface area contributed by atoms with Crippen molar-refractivity contribution in [2.24, 2.45) is 5.73 Å². The van der Waals surface area contributed by atoms with Crippen LogP contribution in [0.1, 0.15) is 18.5 Å². The van der Waals surface area contributed by atoms with Gasteiger partial charge in [-0.1, -0.05) is 0 Å². The Balaban J connectivity index is 2.11. The van der Waals surface area contributed by atoms with Gasteiger partial charge < -0.3 is 10.5 Å². The SMILES string of the molecule is CCOc1cncc(C(N)C2CSCCN2C)c1. The molecule has 4 nitrogen and oxygen atoms in total. The molecule has 2 rings (SSSR count). The van der Waals surface area contributed by atoms with Gasteiger partial charge in [0.1, 0.15) is 5.75 Å². The number of thioether (sulfide) groups is 1. The topological polar surface area (TPSA) is 51.4 Å². The second kappa shape index (κ2) is 6.41. The zero-order valence-corrected chi connectivity index (χ0v) is 11.8. The third-order valence-electron chi connectivity index (χ3n) is 3.29. The van der Waals surface area contributed by atoms with E-state index in [1.54, 1.807) is 6.20 Å². The Morgan fingerprint density at radius 3 is 3.17 bits per heavy atom. The van der Waals surface area contributed by atoms with Crippen molar-refractivity contribution in [3.63, 3.8) is 0 Å². The average molecular weight is 267 g/mol. The number of nitrogens with zero attached hydrogens (tertiary/aromatic N) is 2. The van der Waals surface area contributed by atoms with E-state index in [-0.39, 0.29) is 6.04 Å². The fourth-order valence-corrected chi connectivity index (χ4v) is 3.46. The monoisotopic (exact) mass is 267 g/mol. The smallest absolute Gasteiger partial charge is 0.137 e. The zero-order chi connectivity index (χ0) is 13.0. The number of aromatic nitrogens is 1. The van der Waals surface area contributed by atoms with Crippen molar-refractivity contribution in [3.8, 4) is 5.75 Å². The summed E-state index contributed by atoms with van der Waals surface area (Å²) in [5.74, 6) is 3.07. The highest BCUT2D eigenvalue weighted by Gasteiger charge is 2.26. The van der Waals surface area contributed by atoms with Gasteiger partial charge in [0.05, 0.1) is 12.8 Å². The molecule has 2 heterocycles. The van der Waals surface area contributed by atoms with Crippen LogP contribution >= 0.6 is 11.8 Å². The highest BCUT2D eigenvalue weighted by atomic mass is 32.2. The van der Waals surface area contributed by atoms with Gasteiger partial charge in [-0.15, -0.1) is 0 Å². The predicted molar refractivity (Wildman–Crippen MR) is 76.1 cm³/mol. The zero-order valence-electron chi connectivity index (χ0n) is 11.0. The molecule has 1 aromatic heterocycles. The average Bonchev–Trinajstić information content (AvgIpc) is 2.39. The van der Waals surface area contributed by atoms with Gasteiger partial charge in [-0.05, 0) is 25.6 Å². The molecule has 0 saturated carbocycles. The first-order valence-corrected chi connectivity index (χ1v) is 7.49. The van der Waals surface area contributed by atoms with Crippen molar-refractivity contribution < 1.29 is 4.74 Å². The number of nitrogens with two attached hydrogens (primary N) is 1. The van der Waals surface area contributed by atoms with Gasteiger partial charge in [0, 0.05) is 36.3 Å². The second-order valence-electron chi connectivity index (χ2n) is 4.54. The van der Waals surface area contributed by atoms with Gasteiger partial charge in [-0.2, -0.15) is 11.8 Å². The summed E-state index contributed by atoms with van der Waals surface area (Å²) in [4.78, 5) is 6.56. The third-order valence-corrected chi connectivity index (χ3v) is 4.34. The van der Waals surface area contributed by atoms with Crippen molar-refractivity contribution in [2.75, 3.05) is 31.7 Å². The number of ether oxygens (including phenoxy) is 1. The summed E-state index contributed by atoms with van der Waals surface area (Å²) in [5, 5.41) is 0. The lowest BCUT2D eigenvalue weighted by Gasteiger charge is -2.36. The van der Waals surface area contributed by atoms with Crippen molar-refractivity contribution in [1.82, 2.24) is 9.88 Å². The van der Waals surface area contributed by atoms with Crippen LogP contribution in [0.2, 0.25) is 0 Å². The van der Waals surface area contributed by atoms with Crippen LogP contribution in [0.3, 0.4) is 0 Å². The van der Waals surface area contributed by atoms with E-state index in [0.717, 1.165) is 23.6 Å². The lowest BCUT2D eigenvalue weighted by molar-refractivity contribution is 0.237. The highest BCUT2D eigenvalue weighted by Crippen LogP contribution is 2.26. The van der Waals surface area contributed by atoms with E-state index in [0.29, 0.717) is 12.6 Å². The van der Waals surface area contributed by atoms with Gasteiger partial charge in [-0.3, -0.25) is 9.88 Å². The van der Waals surface area contributed by atoms with Gasteiger partial charge in [0.2, 0.25) is 0 Å². The Morgan fingerprint density at radius 1 is 1.61 bits per heavy atom. The van der Waals surface area contributed by atoms with E-state index >= 15 is 0 Å². The third kappa shape index (κ3) is 3.16. The fourth-order valence-electron chi connectivity index (χ4n) is 2.17.